The van der Waals surface area contributed by atoms with E-state index in [1.165, 1.54) is 5.57 Å². The summed E-state index contributed by atoms with van der Waals surface area (Å²) in [6, 6.07) is 3.16. The molecule has 9 heteroatoms. The summed E-state index contributed by atoms with van der Waals surface area (Å²) in [7, 11) is -3.48. The van der Waals surface area contributed by atoms with E-state index in [1.807, 2.05) is 0 Å². The number of rotatable bonds is 5. The molecule has 0 bridgehead atoms. The van der Waals surface area contributed by atoms with E-state index in [4.69, 9.17) is 0 Å². The van der Waals surface area contributed by atoms with Gasteiger partial charge in [0.2, 0.25) is 0 Å². The third-order valence-corrected chi connectivity index (χ3v) is 8.23. The number of hydrogen-bond donors (Lipinski definition) is 2. The summed E-state index contributed by atoms with van der Waals surface area (Å²) < 4.78 is 27.2. The molecule has 3 rings (SSSR count). The second kappa shape index (κ2) is 9.32. The van der Waals surface area contributed by atoms with Crippen LogP contribution in [-0.4, -0.2) is 51.4 Å². The first-order valence-corrected chi connectivity index (χ1v) is 11.0. The highest BCUT2D eigenvalue weighted by Crippen LogP contribution is 2.28. The molecule has 2 aliphatic rings. The number of halogens is 1. The molecule has 3 heterocycles. The van der Waals surface area contributed by atoms with Gasteiger partial charge in [0.1, 0.15) is 4.21 Å². The summed E-state index contributed by atoms with van der Waals surface area (Å²) in [4.78, 5) is 12.7. The van der Waals surface area contributed by atoms with Crippen molar-refractivity contribution in [3.05, 3.63) is 28.7 Å². The molecular formula is C17H26ClN3O3S2. The van der Waals surface area contributed by atoms with Crippen LogP contribution < -0.4 is 10.6 Å². The maximum absolute atomic E-state index is 12.7. The first-order valence-electron chi connectivity index (χ1n) is 8.73. The molecule has 0 saturated carbocycles. The minimum atomic E-state index is -3.48. The van der Waals surface area contributed by atoms with Crippen molar-refractivity contribution in [2.45, 2.75) is 30.4 Å². The zero-order valence-corrected chi connectivity index (χ0v) is 17.3. The lowest BCUT2D eigenvalue weighted by molar-refractivity contribution is 0.0960. The third-order valence-electron chi connectivity index (χ3n) is 4.78. The quantitative estimate of drug-likeness (QED) is 0.717. The van der Waals surface area contributed by atoms with Gasteiger partial charge in [0.05, 0.1) is 4.88 Å². The van der Waals surface area contributed by atoms with E-state index in [1.54, 1.807) is 16.4 Å². The zero-order valence-electron chi connectivity index (χ0n) is 14.9. The minimum absolute atomic E-state index is 0. The van der Waals surface area contributed by atoms with E-state index in [0.29, 0.717) is 30.4 Å². The first kappa shape index (κ1) is 21.4. The highest BCUT2D eigenvalue weighted by Gasteiger charge is 2.29. The number of nitrogens with zero attached hydrogens (tertiary/aromatic N) is 1. The fraction of sp³-hybridized carbons (Fsp3) is 0.588. The molecule has 2 N–H and O–H groups in total. The molecule has 1 aromatic rings. The van der Waals surface area contributed by atoms with E-state index in [2.05, 4.69) is 23.6 Å². The molecule has 0 aromatic carbocycles. The molecule has 1 aromatic heterocycles. The van der Waals surface area contributed by atoms with Gasteiger partial charge in [0, 0.05) is 26.2 Å². The molecule has 0 spiro atoms. The Morgan fingerprint density at radius 3 is 2.73 bits per heavy atom. The van der Waals surface area contributed by atoms with E-state index in [9.17, 15) is 13.2 Å². The molecule has 6 nitrogen and oxygen atoms in total. The van der Waals surface area contributed by atoms with E-state index in [0.717, 1.165) is 43.7 Å². The van der Waals surface area contributed by atoms with E-state index < -0.39 is 10.0 Å². The van der Waals surface area contributed by atoms with Crippen LogP contribution in [0.25, 0.3) is 0 Å². The molecule has 1 amide bonds. The van der Waals surface area contributed by atoms with Crippen LogP contribution >= 0.6 is 23.7 Å². The highest BCUT2D eigenvalue weighted by atomic mass is 35.5. The van der Waals surface area contributed by atoms with Crippen molar-refractivity contribution in [2.24, 2.45) is 5.92 Å². The smallest absolute Gasteiger partial charge is 0.261 e. The Bertz CT molecular complexity index is 753. The van der Waals surface area contributed by atoms with E-state index in [-0.39, 0.29) is 22.5 Å². The van der Waals surface area contributed by atoms with Crippen LogP contribution in [0, 0.1) is 5.92 Å². The number of nitrogens with one attached hydrogen (secondary N) is 2. The number of sulfonamides is 1. The predicted octanol–water partition coefficient (Wildman–Crippen LogP) is 2.24. The van der Waals surface area contributed by atoms with Gasteiger partial charge < -0.3 is 10.6 Å². The topological polar surface area (TPSA) is 78.5 Å². The SMILES string of the molecule is CC1CCN(S(=O)(=O)c2ccc(C(=O)NCC3=CCNCC3)s2)CC1.Cl. The molecule has 0 radical (unpaired) electrons. The molecule has 0 aliphatic carbocycles. The Balaban J connectivity index is 0.00000243. The number of hydrogen-bond acceptors (Lipinski definition) is 5. The van der Waals surface area contributed by atoms with Gasteiger partial charge in [0.25, 0.3) is 15.9 Å². The van der Waals surface area contributed by atoms with Gasteiger partial charge in [-0.15, -0.1) is 23.7 Å². The second-order valence-electron chi connectivity index (χ2n) is 6.70. The molecule has 26 heavy (non-hydrogen) atoms. The lowest BCUT2D eigenvalue weighted by atomic mass is 10.0. The minimum Gasteiger partial charge on any atom is -0.348 e. The lowest BCUT2D eigenvalue weighted by Gasteiger charge is -2.28. The Kier molecular flexibility index (Phi) is 7.66. The Morgan fingerprint density at radius 2 is 2.08 bits per heavy atom. The summed E-state index contributed by atoms with van der Waals surface area (Å²) in [6.45, 7) is 5.55. The molecule has 1 fully saturated rings. The van der Waals surface area contributed by atoms with Crippen molar-refractivity contribution < 1.29 is 13.2 Å². The highest BCUT2D eigenvalue weighted by molar-refractivity contribution is 7.91. The van der Waals surface area contributed by atoms with E-state index >= 15 is 0 Å². The summed E-state index contributed by atoms with van der Waals surface area (Å²) in [5, 5.41) is 6.12. The molecule has 1 saturated heterocycles. The Labute approximate surface area is 165 Å². The van der Waals surface area contributed by atoms with Crippen LogP contribution in [-0.2, 0) is 10.0 Å². The van der Waals surface area contributed by atoms with Gasteiger partial charge in [0.15, 0.2) is 0 Å². The van der Waals surface area contributed by atoms with Crippen molar-refractivity contribution >= 4 is 39.7 Å². The summed E-state index contributed by atoms with van der Waals surface area (Å²) >= 11 is 1.06. The number of amides is 1. The maximum atomic E-state index is 12.7. The standard InChI is InChI=1S/C17H25N3O3S2.ClH/c1-13-6-10-20(11-7-13)25(22,23)16-3-2-15(24-16)17(21)19-12-14-4-8-18-9-5-14;/h2-4,13,18H,5-12H2,1H3,(H,19,21);1H. The van der Waals surface area contributed by atoms with Gasteiger partial charge in [-0.3, -0.25) is 4.79 Å². The monoisotopic (exact) mass is 419 g/mol. The molecule has 0 atom stereocenters. The summed E-state index contributed by atoms with van der Waals surface area (Å²) in [5.41, 5.74) is 1.21. The number of carbonyl (C=O) groups excluding carboxylic acids is 1. The van der Waals surface area contributed by atoms with Gasteiger partial charge in [-0.2, -0.15) is 4.31 Å². The predicted molar refractivity (Wildman–Crippen MR) is 107 cm³/mol. The van der Waals surface area contributed by atoms with Gasteiger partial charge in [-0.25, -0.2) is 8.42 Å². The maximum Gasteiger partial charge on any atom is 0.261 e. The first-order chi connectivity index (χ1) is 12.0. The fourth-order valence-electron chi connectivity index (χ4n) is 3.04. The second-order valence-corrected chi connectivity index (χ2v) is 9.95. The average molecular weight is 420 g/mol. The molecule has 0 unspecified atom stereocenters. The number of piperidine rings is 1. The fourth-order valence-corrected chi connectivity index (χ4v) is 5.89. The third kappa shape index (κ3) is 5.07. The lowest BCUT2D eigenvalue weighted by Crippen LogP contribution is -2.37. The Morgan fingerprint density at radius 1 is 1.35 bits per heavy atom. The van der Waals surface area contributed by atoms with Crippen molar-refractivity contribution in [3.63, 3.8) is 0 Å². The van der Waals surface area contributed by atoms with Gasteiger partial charge in [-0.05, 0) is 43.9 Å². The van der Waals surface area contributed by atoms with Crippen LogP contribution in [0.5, 0.6) is 0 Å². The van der Waals surface area contributed by atoms with Crippen molar-refractivity contribution in [1.29, 1.82) is 0 Å². The molecule has 146 valence electrons. The van der Waals surface area contributed by atoms with Gasteiger partial charge >= 0.3 is 0 Å². The zero-order chi connectivity index (χ0) is 17.9. The molecular weight excluding hydrogens is 394 g/mol. The van der Waals surface area contributed by atoms with Crippen LogP contribution in [0.1, 0.15) is 35.9 Å². The number of carbonyl (C=O) groups is 1. The largest absolute Gasteiger partial charge is 0.348 e. The summed E-state index contributed by atoms with van der Waals surface area (Å²) in [5.74, 6) is 0.360. The summed E-state index contributed by atoms with van der Waals surface area (Å²) in [6.07, 6.45) is 4.80. The Hall–Kier alpha value is -0.930. The van der Waals surface area contributed by atoms with Crippen molar-refractivity contribution in [3.8, 4) is 0 Å². The van der Waals surface area contributed by atoms with Crippen LogP contribution in [0.15, 0.2) is 28.0 Å². The van der Waals surface area contributed by atoms with Crippen LogP contribution in [0.3, 0.4) is 0 Å². The molecule has 2 aliphatic heterocycles. The average Bonchev–Trinajstić information content (AvgIpc) is 3.12. The van der Waals surface area contributed by atoms with Gasteiger partial charge in [-0.1, -0.05) is 18.6 Å². The van der Waals surface area contributed by atoms with Crippen molar-refractivity contribution in [2.75, 3.05) is 32.7 Å². The normalized spacial score (nSPS) is 19.5. The number of thiophene rings is 1. The van der Waals surface area contributed by atoms with Crippen molar-refractivity contribution in [1.82, 2.24) is 14.9 Å². The van der Waals surface area contributed by atoms with Crippen LogP contribution in [0.2, 0.25) is 0 Å². The van der Waals surface area contributed by atoms with Crippen LogP contribution in [0.4, 0.5) is 0 Å².